The Morgan fingerprint density at radius 1 is 0.782 bits per heavy atom. The second-order valence-corrected chi connectivity index (χ2v) is 17.3. The van der Waals surface area contributed by atoms with Crippen LogP contribution in [-0.2, 0) is 41.5 Å². The van der Waals surface area contributed by atoms with Gasteiger partial charge in [-0.2, -0.15) is 101 Å². The van der Waals surface area contributed by atoms with E-state index in [1.54, 1.807) is 12.1 Å². The van der Waals surface area contributed by atoms with E-state index in [1.807, 2.05) is 36.4 Å². The van der Waals surface area contributed by atoms with Crippen LogP contribution < -0.4 is 0 Å². The quantitative estimate of drug-likeness (QED) is 0.136. The molecule has 8 rings (SSSR count). The SMILES string of the molecule is CC1=C[CH-]C(C)(C)c2cc3c(cc21)-c1cc2c(cc1C3)C(C)(C)CC=C2C.CC1[C-]=CC(C(C)(C)C)=C1.Cl.Cl.Clc1c[c-]ccc1.Clc1c[c-]ccc1.[CH2]=[Zr]. The van der Waals surface area contributed by atoms with Gasteiger partial charge in [0.25, 0.3) is 0 Å². The number of halogens is 4. The summed E-state index contributed by atoms with van der Waals surface area (Å²) in [7, 11) is 0. The van der Waals surface area contributed by atoms with Crippen molar-refractivity contribution in [2.75, 3.05) is 0 Å². The van der Waals surface area contributed by atoms with Gasteiger partial charge in [0, 0.05) is 0 Å². The van der Waals surface area contributed by atoms with Gasteiger partial charge in [-0.3, -0.25) is 6.08 Å². The number of fused-ring (bicyclic) bond motifs is 5. The summed E-state index contributed by atoms with van der Waals surface area (Å²) in [5.74, 6) is 0.522. The van der Waals surface area contributed by atoms with E-state index in [4.69, 9.17) is 23.2 Å². The van der Waals surface area contributed by atoms with E-state index >= 15 is 0 Å². The summed E-state index contributed by atoms with van der Waals surface area (Å²) in [6, 6.07) is 30.0. The van der Waals surface area contributed by atoms with Crippen molar-refractivity contribution in [3.05, 3.63) is 171 Å². The van der Waals surface area contributed by atoms with Gasteiger partial charge in [0.1, 0.15) is 0 Å². The average Bonchev–Trinajstić information content (AvgIpc) is 3.73. The average molecular weight is 890 g/mol. The maximum atomic E-state index is 5.51. The first-order valence-electron chi connectivity index (χ1n) is 18.4. The number of hydrogen-bond acceptors (Lipinski definition) is 0. The second-order valence-electron chi connectivity index (χ2n) is 16.4. The molecule has 4 aliphatic carbocycles. The van der Waals surface area contributed by atoms with Crippen molar-refractivity contribution in [2.45, 2.75) is 92.9 Å². The maximum absolute atomic E-state index is 5.51. The van der Waals surface area contributed by atoms with Crippen molar-refractivity contribution in [2.24, 2.45) is 11.3 Å². The van der Waals surface area contributed by atoms with E-state index in [9.17, 15) is 0 Å². The van der Waals surface area contributed by atoms with E-state index in [0.717, 1.165) is 22.9 Å². The fourth-order valence-corrected chi connectivity index (χ4v) is 7.24. The Balaban J connectivity index is 0.000000306. The normalized spacial score (nSPS) is 16.9. The summed E-state index contributed by atoms with van der Waals surface area (Å²) in [5, 5.41) is 1.48. The molecule has 0 spiro atoms. The Morgan fingerprint density at radius 2 is 1.29 bits per heavy atom. The third-order valence-electron chi connectivity index (χ3n) is 10.2. The topological polar surface area (TPSA) is 0 Å². The van der Waals surface area contributed by atoms with Gasteiger partial charge in [-0.25, -0.2) is 18.6 Å². The van der Waals surface area contributed by atoms with Gasteiger partial charge >= 0.3 is 28.4 Å². The van der Waals surface area contributed by atoms with Crippen molar-refractivity contribution in [1.82, 2.24) is 0 Å². The van der Waals surface area contributed by atoms with Crippen LogP contribution in [0.5, 0.6) is 0 Å². The van der Waals surface area contributed by atoms with Crippen LogP contribution in [0.1, 0.15) is 109 Å². The Morgan fingerprint density at radius 3 is 1.69 bits per heavy atom. The molecule has 292 valence electrons. The molecule has 0 radical (unpaired) electrons. The molecule has 0 fully saturated rings. The summed E-state index contributed by atoms with van der Waals surface area (Å²) >= 11 is 12.3. The monoisotopic (exact) mass is 886 g/mol. The van der Waals surface area contributed by atoms with Crippen LogP contribution in [-0.4, -0.2) is 4.21 Å². The van der Waals surface area contributed by atoms with Gasteiger partial charge in [-0.15, -0.1) is 37.3 Å². The summed E-state index contributed by atoms with van der Waals surface area (Å²) in [6.45, 7) is 22.8. The van der Waals surface area contributed by atoms with Gasteiger partial charge in [0.2, 0.25) is 0 Å². The Labute approximate surface area is 370 Å². The molecule has 0 saturated carbocycles. The van der Waals surface area contributed by atoms with E-state index in [1.165, 1.54) is 85.5 Å². The van der Waals surface area contributed by atoms with E-state index in [2.05, 4.69) is 147 Å². The molecule has 0 heterocycles. The minimum atomic E-state index is 0. The van der Waals surface area contributed by atoms with Crippen LogP contribution in [0.15, 0.2) is 103 Å². The number of hydrogen-bond donors (Lipinski definition) is 0. The zero-order valence-corrected chi connectivity index (χ0v) is 39.7. The number of benzene rings is 4. The molecular formula is C50H56Cl4Zr-4. The molecule has 0 amide bonds. The number of allylic oxidation sites excluding steroid dienone is 8. The van der Waals surface area contributed by atoms with Gasteiger partial charge in [0.15, 0.2) is 0 Å². The predicted octanol–water partition coefficient (Wildman–Crippen LogP) is 15.3. The first-order valence-corrected chi connectivity index (χ1v) is 20.9. The van der Waals surface area contributed by atoms with Crippen LogP contribution >= 0.6 is 48.0 Å². The van der Waals surface area contributed by atoms with Gasteiger partial charge < -0.3 is 0 Å². The molecule has 0 N–H and O–H groups in total. The second kappa shape index (κ2) is 20.9. The first kappa shape index (κ1) is 48.8. The Bertz CT molecular complexity index is 1890. The van der Waals surface area contributed by atoms with Gasteiger partial charge in [-0.1, -0.05) is 112 Å². The molecule has 0 aromatic heterocycles. The van der Waals surface area contributed by atoms with Crippen LogP contribution in [0.4, 0.5) is 0 Å². The first-order chi connectivity index (χ1) is 25.0. The molecule has 0 saturated heterocycles. The number of rotatable bonds is 0. The van der Waals surface area contributed by atoms with Crippen LogP contribution in [0, 0.1) is 36.0 Å². The van der Waals surface area contributed by atoms with Crippen LogP contribution in [0.3, 0.4) is 0 Å². The molecule has 4 aliphatic rings. The van der Waals surface area contributed by atoms with Crippen LogP contribution in [0.25, 0.3) is 22.3 Å². The Hall–Kier alpha value is -2.38. The third-order valence-corrected chi connectivity index (χ3v) is 10.7. The summed E-state index contributed by atoms with van der Waals surface area (Å²) in [5.41, 5.74) is 16.7. The standard InChI is InChI=1S/C27H29.C10H15.2C6H4Cl.CH2.2ClH.Zr/c1-16-7-9-26(3,4)24-12-18-11-19-13-25-21(17(2)8-10-27(25,5)6)15-23(19)22(18)14-20(16)24;1-8-5-6-9(7-8)10(2,3)4;2*7-6-4-2-1-3-5-6;;;;/h7-9,12-15H,10-11H2,1-6H3;6-8H,1-4H3;2*1-2,4-5H;1H2;2*1H;/q4*-1;;;;. The molecule has 4 aromatic rings. The van der Waals surface area contributed by atoms with Crippen molar-refractivity contribution < 1.29 is 24.2 Å². The van der Waals surface area contributed by atoms with Crippen molar-refractivity contribution in [3.8, 4) is 11.1 Å². The van der Waals surface area contributed by atoms with E-state index < -0.39 is 0 Å². The molecule has 4 aromatic carbocycles. The van der Waals surface area contributed by atoms with Gasteiger partial charge in [-0.05, 0) is 70.2 Å². The molecule has 0 aliphatic heterocycles. The van der Waals surface area contributed by atoms with E-state index in [-0.39, 0.29) is 35.6 Å². The molecular weight excluding hydrogens is 834 g/mol. The summed E-state index contributed by atoms with van der Waals surface area (Å²) < 4.78 is 3.34. The van der Waals surface area contributed by atoms with Gasteiger partial charge in [0.05, 0.1) is 0 Å². The minimum absolute atomic E-state index is 0. The fraction of sp³-hybridized carbons (Fsp3) is 0.320. The fourth-order valence-electron chi connectivity index (χ4n) is 6.97. The molecule has 55 heavy (non-hydrogen) atoms. The van der Waals surface area contributed by atoms with Crippen molar-refractivity contribution >= 4 is 63.4 Å². The summed E-state index contributed by atoms with van der Waals surface area (Å²) in [6.07, 6.45) is 16.9. The molecule has 5 heteroatoms. The molecule has 0 bridgehead atoms. The summed E-state index contributed by atoms with van der Waals surface area (Å²) in [4.78, 5) is 0. The predicted molar refractivity (Wildman–Crippen MR) is 244 cm³/mol. The van der Waals surface area contributed by atoms with Crippen molar-refractivity contribution in [1.29, 1.82) is 0 Å². The zero-order valence-electron chi connectivity index (χ0n) is 34.1. The molecule has 1 unspecified atom stereocenters. The Kier molecular flexibility index (Phi) is 18.5. The molecule has 0 nitrogen and oxygen atoms in total. The van der Waals surface area contributed by atoms with Crippen LogP contribution in [0.2, 0.25) is 10.0 Å². The van der Waals surface area contributed by atoms with Crippen molar-refractivity contribution in [3.63, 3.8) is 0 Å². The van der Waals surface area contributed by atoms with E-state index in [0.29, 0.717) is 11.3 Å². The third kappa shape index (κ3) is 12.6. The molecule has 1 atom stereocenters. The zero-order chi connectivity index (χ0) is 39.1.